The molecule has 0 spiro atoms. The summed E-state index contributed by atoms with van der Waals surface area (Å²) in [6, 6.07) is 16.0. The molecule has 0 saturated carbocycles. The SMILES string of the molecule is CC(N)(C(=O)NCC1NCCc2ccccc21)c1ccc(Br)cc1. The molecule has 4 nitrogen and oxygen atoms in total. The van der Waals surface area contributed by atoms with Crippen LogP contribution in [0, 0.1) is 0 Å². The monoisotopic (exact) mass is 387 g/mol. The fourth-order valence-electron chi connectivity index (χ4n) is 3.08. The van der Waals surface area contributed by atoms with Crippen molar-refractivity contribution >= 4 is 21.8 Å². The molecule has 1 aliphatic heterocycles. The first-order chi connectivity index (χ1) is 11.5. The van der Waals surface area contributed by atoms with Crippen LogP contribution >= 0.6 is 15.9 Å². The Morgan fingerprint density at radius 2 is 2.00 bits per heavy atom. The Bertz CT molecular complexity index is 728. The van der Waals surface area contributed by atoms with Crippen molar-refractivity contribution in [2.24, 2.45) is 5.73 Å². The molecule has 2 aromatic carbocycles. The first-order valence-electron chi connectivity index (χ1n) is 8.13. The Kier molecular flexibility index (Phi) is 5.04. The Labute approximate surface area is 151 Å². The molecule has 2 unspecified atom stereocenters. The van der Waals surface area contributed by atoms with Gasteiger partial charge in [-0.15, -0.1) is 0 Å². The van der Waals surface area contributed by atoms with Gasteiger partial charge in [0.25, 0.3) is 0 Å². The first-order valence-corrected chi connectivity index (χ1v) is 8.92. The number of fused-ring (bicyclic) bond motifs is 1. The van der Waals surface area contributed by atoms with Crippen LogP contribution in [-0.2, 0) is 16.8 Å². The van der Waals surface area contributed by atoms with Crippen LogP contribution in [-0.4, -0.2) is 19.0 Å². The number of halogens is 1. The summed E-state index contributed by atoms with van der Waals surface area (Å²) < 4.78 is 0.963. The average Bonchev–Trinajstić information content (AvgIpc) is 2.60. The summed E-state index contributed by atoms with van der Waals surface area (Å²) >= 11 is 3.40. The van der Waals surface area contributed by atoms with Crippen molar-refractivity contribution in [3.63, 3.8) is 0 Å². The third-order valence-electron chi connectivity index (χ3n) is 4.60. The molecule has 4 N–H and O–H groups in total. The van der Waals surface area contributed by atoms with Crippen molar-refractivity contribution in [3.8, 4) is 0 Å². The smallest absolute Gasteiger partial charge is 0.244 e. The lowest BCUT2D eigenvalue weighted by Crippen LogP contribution is -2.51. The van der Waals surface area contributed by atoms with Gasteiger partial charge < -0.3 is 16.4 Å². The minimum Gasteiger partial charge on any atom is -0.352 e. The second-order valence-electron chi connectivity index (χ2n) is 6.37. The van der Waals surface area contributed by atoms with Crippen LogP contribution in [0.4, 0.5) is 0 Å². The fourth-order valence-corrected chi connectivity index (χ4v) is 3.34. The molecule has 0 bridgehead atoms. The van der Waals surface area contributed by atoms with Gasteiger partial charge in [-0.05, 0) is 48.7 Å². The van der Waals surface area contributed by atoms with Crippen molar-refractivity contribution in [2.45, 2.75) is 24.9 Å². The van der Waals surface area contributed by atoms with E-state index in [-0.39, 0.29) is 11.9 Å². The number of nitrogens with two attached hydrogens (primary N) is 1. The van der Waals surface area contributed by atoms with Gasteiger partial charge in [0.2, 0.25) is 5.91 Å². The number of carbonyl (C=O) groups is 1. The van der Waals surface area contributed by atoms with Gasteiger partial charge in [-0.2, -0.15) is 0 Å². The maximum absolute atomic E-state index is 12.6. The Morgan fingerprint density at radius 1 is 1.29 bits per heavy atom. The summed E-state index contributed by atoms with van der Waals surface area (Å²) in [7, 11) is 0. The number of carbonyl (C=O) groups excluding carboxylic acids is 1. The zero-order valence-corrected chi connectivity index (χ0v) is 15.3. The van der Waals surface area contributed by atoms with Crippen molar-refractivity contribution in [1.29, 1.82) is 0 Å². The average molecular weight is 388 g/mol. The summed E-state index contributed by atoms with van der Waals surface area (Å²) in [5, 5.41) is 6.48. The molecule has 5 heteroatoms. The summed E-state index contributed by atoms with van der Waals surface area (Å²) in [5.74, 6) is -0.172. The molecule has 1 aliphatic rings. The highest BCUT2D eigenvalue weighted by molar-refractivity contribution is 9.10. The third-order valence-corrected chi connectivity index (χ3v) is 5.13. The van der Waals surface area contributed by atoms with Crippen LogP contribution in [0.3, 0.4) is 0 Å². The first kappa shape index (κ1) is 17.1. The second-order valence-corrected chi connectivity index (χ2v) is 7.29. The van der Waals surface area contributed by atoms with Gasteiger partial charge in [0.05, 0.1) is 0 Å². The molecule has 3 rings (SSSR count). The van der Waals surface area contributed by atoms with Crippen molar-refractivity contribution in [3.05, 3.63) is 69.7 Å². The van der Waals surface area contributed by atoms with Crippen molar-refractivity contribution in [1.82, 2.24) is 10.6 Å². The lowest BCUT2D eigenvalue weighted by molar-refractivity contribution is -0.126. The number of rotatable bonds is 4. The van der Waals surface area contributed by atoms with E-state index in [1.54, 1.807) is 6.92 Å². The Morgan fingerprint density at radius 3 is 2.75 bits per heavy atom. The topological polar surface area (TPSA) is 67.2 Å². The van der Waals surface area contributed by atoms with Gasteiger partial charge >= 0.3 is 0 Å². The Balaban J connectivity index is 1.68. The highest BCUT2D eigenvalue weighted by Crippen LogP contribution is 2.23. The highest BCUT2D eigenvalue weighted by Gasteiger charge is 2.31. The predicted molar refractivity (Wildman–Crippen MR) is 99.6 cm³/mol. The maximum Gasteiger partial charge on any atom is 0.244 e. The minimum atomic E-state index is -1.06. The van der Waals surface area contributed by atoms with Gasteiger partial charge in [0.15, 0.2) is 0 Å². The van der Waals surface area contributed by atoms with Crippen molar-refractivity contribution in [2.75, 3.05) is 13.1 Å². The molecule has 2 atom stereocenters. The molecule has 1 heterocycles. The van der Waals surface area contributed by atoms with E-state index < -0.39 is 5.54 Å². The molecule has 0 aliphatic carbocycles. The number of hydrogen-bond donors (Lipinski definition) is 3. The van der Waals surface area contributed by atoms with E-state index in [4.69, 9.17) is 5.73 Å². The van der Waals surface area contributed by atoms with Gasteiger partial charge in [-0.25, -0.2) is 0 Å². The largest absolute Gasteiger partial charge is 0.352 e. The van der Waals surface area contributed by atoms with E-state index in [9.17, 15) is 4.79 Å². The van der Waals surface area contributed by atoms with Gasteiger partial charge in [0.1, 0.15) is 5.54 Å². The summed E-state index contributed by atoms with van der Waals surface area (Å²) in [6.45, 7) is 3.19. The van der Waals surface area contributed by atoms with Crippen molar-refractivity contribution < 1.29 is 4.79 Å². The van der Waals surface area contributed by atoms with E-state index in [1.807, 2.05) is 30.3 Å². The number of hydrogen-bond acceptors (Lipinski definition) is 3. The number of amides is 1. The molecule has 1 amide bonds. The highest BCUT2D eigenvalue weighted by atomic mass is 79.9. The quantitative estimate of drug-likeness (QED) is 0.755. The normalized spacial score (nSPS) is 19.2. The van der Waals surface area contributed by atoms with Crippen LogP contribution < -0.4 is 16.4 Å². The molecule has 2 aromatic rings. The maximum atomic E-state index is 12.6. The number of benzene rings is 2. The van der Waals surface area contributed by atoms with Gasteiger partial charge in [0, 0.05) is 17.1 Å². The molecule has 0 aromatic heterocycles. The summed E-state index contributed by atoms with van der Waals surface area (Å²) in [4.78, 5) is 12.6. The minimum absolute atomic E-state index is 0.125. The molecule has 0 saturated heterocycles. The Hall–Kier alpha value is -1.69. The molecular weight excluding hydrogens is 366 g/mol. The van der Waals surface area contributed by atoms with E-state index >= 15 is 0 Å². The molecule has 24 heavy (non-hydrogen) atoms. The molecule has 0 radical (unpaired) electrons. The van der Waals surface area contributed by atoms with Crippen LogP contribution in [0.1, 0.15) is 29.7 Å². The number of nitrogens with one attached hydrogen (secondary N) is 2. The molecular formula is C19H22BrN3O. The zero-order chi connectivity index (χ0) is 17.2. The van der Waals surface area contributed by atoms with E-state index in [1.165, 1.54) is 11.1 Å². The predicted octanol–water partition coefficient (Wildman–Crippen LogP) is 2.63. The fraction of sp³-hybridized carbons (Fsp3) is 0.316. The van der Waals surface area contributed by atoms with Crippen LogP contribution in [0.15, 0.2) is 53.0 Å². The molecule has 126 valence electrons. The van der Waals surface area contributed by atoms with E-state index in [2.05, 4.69) is 44.8 Å². The summed E-state index contributed by atoms with van der Waals surface area (Å²) in [6.07, 6.45) is 1.02. The third kappa shape index (κ3) is 3.53. The van der Waals surface area contributed by atoms with Gasteiger partial charge in [-0.3, -0.25) is 4.79 Å². The summed E-state index contributed by atoms with van der Waals surface area (Å²) in [5.41, 5.74) is 8.63. The van der Waals surface area contributed by atoms with Crippen LogP contribution in [0.5, 0.6) is 0 Å². The lowest BCUT2D eigenvalue weighted by Gasteiger charge is -2.29. The standard InChI is InChI=1S/C19H22BrN3O/c1-19(21,14-6-8-15(20)9-7-14)18(24)23-12-17-16-5-3-2-4-13(16)10-11-22-17/h2-9,17,22H,10-12,21H2,1H3,(H,23,24). The lowest BCUT2D eigenvalue weighted by atomic mass is 9.91. The van der Waals surface area contributed by atoms with Crippen LogP contribution in [0.25, 0.3) is 0 Å². The molecule has 0 fully saturated rings. The van der Waals surface area contributed by atoms with Gasteiger partial charge in [-0.1, -0.05) is 52.3 Å². The van der Waals surface area contributed by atoms with E-state index in [0.29, 0.717) is 6.54 Å². The van der Waals surface area contributed by atoms with E-state index in [0.717, 1.165) is 23.0 Å². The zero-order valence-electron chi connectivity index (χ0n) is 13.7. The van der Waals surface area contributed by atoms with Crippen LogP contribution in [0.2, 0.25) is 0 Å². The second kappa shape index (κ2) is 7.05.